The first-order chi connectivity index (χ1) is 34.5. The Morgan fingerprint density at radius 1 is 0.400 bits per heavy atom. The number of hydrogen-bond acceptors (Lipinski definition) is 3. The molecule has 0 aliphatic heterocycles. The lowest BCUT2D eigenvalue weighted by Gasteiger charge is -2.22. The van der Waals surface area contributed by atoms with Gasteiger partial charge in [-0.05, 0) is 121 Å². The summed E-state index contributed by atoms with van der Waals surface area (Å²) in [6.07, 6.45) is 0. The fraction of sp³-hybridized carbons (Fsp3) is 0.0462. The largest absolute Gasteiger partial charge is 0.309 e. The summed E-state index contributed by atoms with van der Waals surface area (Å²) in [6, 6.07) is 80.0. The third kappa shape index (κ3) is 5.64. The Bertz CT molecular complexity index is 4500. The normalized spacial score (nSPS) is 13.1. The van der Waals surface area contributed by atoms with Crippen LogP contribution in [0.15, 0.2) is 218 Å². The van der Waals surface area contributed by atoms with Crippen molar-refractivity contribution in [3.63, 3.8) is 0 Å². The van der Waals surface area contributed by atoms with Crippen molar-refractivity contribution < 1.29 is 0 Å². The van der Waals surface area contributed by atoms with Crippen LogP contribution in [0.3, 0.4) is 0 Å². The fourth-order valence-corrected chi connectivity index (χ4v) is 12.9. The van der Waals surface area contributed by atoms with Crippen LogP contribution in [0.5, 0.6) is 0 Å². The zero-order valence-corrected chi connectivity index (χ0v) is 39.3. The van der Waals surface area contributed by atoms with Crippen LogP contribution >= 0.6 is 11.3 Å². The SMILES string of the molecule is CC1(C)c2ccccc2-c2ccc(-c3nc(-n4c5ccc(-c6ccc7c(c6)c6c8ccccc8ccc6n7-c6ccccc6)cc5c5c6ccccc6ccc54)nc4cc(-c5ccccc5)sc34)cc21. The predicted octanol–water partition coefficient (Wildman–Crippen LogP) is 17.5. The minimum atomic E-state index is -0.148. The van der Waals surface area contributed by atoms with Gasteiger partial charge in [0.15, 0.2) is 0 Å². The number of fused-ring (bicyclic) bond motifs is 14. The number of benzene rings is 10. The van der Waals surface area contributed by atoms with E-state index in [2.05, 4.69) is 241 Å². The minimum absolute atomic E-state index is 0.148. The van der Waals surface area contributed by atoms with Crippen molar-refractivity contribution in [2.75, 3.05) is 0 Å². The van der Waals surface area contributed by atoms with Gasteiger partial charge in [-0.3, -0.25) is 4.57 Å². The molecule has 0 unspecified atom stereocenters. The van der Waals surface area contributed by atoms with E-state index >= 15 is 0 Å². The quantitative estimate of drug-likeness (QED) is 0.172. The van der Waals surface area contributed by atoms with Crippen LogP contribution in [0.1, 0.15) is 25.0 Å². The Morgan fingerprint density at radius 3 is 1.66 bits per heavy atom. The van der Waals surface area contributed by atoms with Crippen LogP contribution < -0.4 is 0 Å². The second-order valence-electron chi connectivity index (χ2n) is 19.3. The molecule has 0 saturated carbocycles. The van der Waals surface area contributed by atoms with Crippen LogP contribution in [-0.4, -0.2) is 19.1 Å². The molecule has 5 heteroatoms. The Morgan fingerprint density at radius 2 is 0.957 bits per heavy atom. The summed E-state index contributed by atoms with van der Waals surface area (Å²) in [5.74, 6) is 0.660. The third-order valence-corrected chi connectivity index (χ3v) is 16.3. The molecule has 0 fully saturated rings. The molecule has 0 atom stereocenters. The van der Waals surface area contributed by atoms with Gasteiger partial charge in [0, 0.05) is 43.1 Å². The first-order valence-corrected chi connectivity index (χ1v) is 24.9. The number of para-hydroxylation sites is 1. The maximum atomic E-state index is 5.68. The lowest BCUT2D eigenvalue weighted by atomic mass is 9.82. The zero-order chi connectivity index (χ0) is 46.2. The topological polar surface area (TPSA) is 35.6 Å². The molecule has 4 nitrogen and oxygen atoms in total. The molecule has 15 rings (SSSR count). The van der Waals surface area contributed by atoms with Gasteiger partial charge in [-0.1, -0.05) is 172 Å². The van der Waals surface area contributed by atoms with Gasteiger partial charge in [-0.25, -0.2) is 9.97 Å². The molecule has 0 bridgehead atoms. The molecular weight excluding hydrogens is 869 g/mol. The molecule has 0 N–H and O–H groups in total. The summed E-state index contributed by atoms with van der Waals surface area (Å²) in [5.41, 5.74) is 17.3. The first-order valence-electron chi connectivity index (χ1n) is 24.1. The zero-order valence-electron chi connectivity index (χ0n) is 38.5. The highest BCUT2D eigenvalue weighted by Crippen LogP contribution is 2.51. The maximum Gasteiger partial charge on any atom is 0.235 e. The van der Waals surface area contributed by atoms with Crippen molar-refractivity contribution >= 4 is 86.7 Å². The first kappa shape index (κ1) is 39.4. The predicted molar refractivity (Wildman–Crippen MR) is 295 cm³/mol. The summed E-state index contributed by atoms with van der Waals surface area (Å²) < 4.78 is 5.80. The fourth-order valence-electron chi connectivity index (χ4n) is 11.8. The van der Waals surface area contributed by atoms with Gasteiger partial charge in [0.05, 0.1) is 38.0 Å². The maximum absolute atomic E-state index is 5.68. The van der Waals surface area contributed by atoms with Crippen molar-refractivity contribution in [3.05, 3.63) is 230 Å². The van der Waals surface area contributed by atoms with Crippen LogP contribution in [0, 0.1) is 0 Å². The van der Waals surface area contributed by atoms with Gasteiger partial charge in [0.1, 0.15) is 0 Å². The van der Waals surface area contributed by atoms with E-state index in [-0.39, 0.29) is 5.41 Å². The van der Waals surface area contributed by atoms with Gasteiger partial charge in [0.2, 0.25) is 5.95 Å². The van der Waals surface area contributed by atoms with Crippen LogP contribution in [-0.2, 0) is 5.41 Å². The van der Waals surface area contributed by atoms with Crippen LogP contribution in [0.2, 0.25) is 0 Å². The smallest absolute Gasteiger partial charge is 0.235 e. The molecule has 10 aromatic carbocycles. The van der Waals surface area contributed by atoms with Crippen LogP contribution in [0.25, 0.3) is 131 Å². The summed E-state index contributed by atoms with van der Waals surface area (Å²) in [5, 5.41) is 9.77. The molecule has 0 saturated heterocycles. The van der Waals surface area contributed by atoms with E-state index in [0.29, 0.717) is 5.95 Å². The molecule has 14 aromatic rings. The Hall–Kier alpha value is -8.64. The van der Waals surface area contributed by atoms with E-state index in [1.165, 1.54) is 92.4 Å². The molecule has 0 radical (unpaired) electrons. The van der Waals surface area contributed by atoms with Crippen molar-refractivity contribution in [2.24, 2.45) is 0 Å². The van der Waals surface area contributed by atoms with Crippen molar-refractivity contribution in [2.45, 2.75) is 19.3 Å². The molecule has 0 amide bonds. The highest BCUT2D eigenvalue weighted by Gasteiger charge is 2.35. The molecule has 1 aliphatic rings. The monoisotopic (exact) mass is 910 g/mol. The van der Waals surface area contributed by atoms with Gasteiger partial charge >= 0.3 is 0 Å². The van der Waals surface area contributed by atoms with E-state index in [4.69, 9.17) is 9.97 Å². The molecule has 0 spiro atoms. The Kier molecular flexibility index (Phi) is 8.26. The number of nitrogens with zero attached hydrogens (tertiary/aromatic N) is 4. The number of aromatic nitrogens is 4. The second-order valence-corrected chi connectivity index (χ2v) is 20.4. The molecule has 328 valence electrons. The molecule has 70 heavy (non-hydrogen) atoms. The Balaban J connectivity index is 0.971. The van der Waals surface area contributed by atoms with E-state index in [9.17, 15) is 0 Å². The van der Waals surface area contributed by atoms with Crippen LogP contribution in [0.4, 0.5) is 0 Å². The Labute approximate surface area is 408 Å². The van der Waals surface area contributed by atoms with Gasteiger partial charge in [-0.2, -0.15) is 0 Å². The molecular formula is C65H42N4S. The average Bonchev–Trinajstić information content (AvgIpc) is 4.16. The standard InChI is InChI=1S/C65H42N4S/c1-65(2)52-24-14-13-23-48(52)49-30-25-44(37-53(49)65)62-63-54(38-59(70-63)41-17-5-3-6-18-41)66-64(67-62)69-56-32-29-43(36-51(56)61-47-22-12-10-16-40(47)27-34-58(61)69)42-28-31-55-50(35-42)60-46-21-11-9-15-39(46)26-33-57(60)68(55)45-19-7-4-8-20-45/h3-38H,1-2H3. The summed E-state index contributed by atoms with van der Waals surface area (Å²) in [6.45, 7) is 4.70. The molecule has 4 heterocycles. The van der Waals surface area contributed by atoms with E-state index in [0.717, 1.165) is 43.8 Å². The van der Waals surface area contributed by atoms with E-state index < -0.39 is 0 Å². The summed E-state index contributed by atoms with van der Waals surface area (Å²) in [7, 11) is 0. The summed E-state index contributed by atoms with van der Waals surface area (Å²) in [4.78, 5) is 12.4. The van der Waals surface area contributed by atoms with Crippen molar-refractivity contribution in [1.29, 1.82) is 0 Å². The highest BCUT2D eigenvalue weighted by atomic mass is 32.1. The molecule has 4 aromatic heterocycles. The lowest BCUT2D eigenvalue weighted by Crippen LogP contribution is -2.15. The minimum Gasteiger partial charge on any atom is -0.309 e. The molecule has 1 aliphatic carbocycles. The van der Waals surface area contributed by atoms with E-state index in [1.807, 2.05) is 0 Å². The lowest BCUT2D eigenvalue weighted by molar-refractivity contribution is 0.660. The summed E-state index contributed by atoms with van der Waals surface area (Å²) >= 11 is 1.77. The highest BCUT2D eigenvalue weighted by molar-refractivity contribution is 7.22. The van der Waals surface area contributed by atoms with Gasteiger partial charge < -0.3 is 4.57 Å². The van der Waals surface area contributed by atoms with Gasteiger partial charge in [-0.15, -0.1) is 11.3 Å². The van der Waals surface area contributed by atoms with E-state index in [1.54, 1.807) is 11.3 Å². The van der Waals surface area contributed by atoms with Crippen molar-refractivity contribution in [1.82, 2.24) is 19.1 Å². The third-order valence-electron chi connectivity index (χ3n) is 15.1. The number of thiophene rings is 1. The average molecular weight is 911 g/mol. The van der Waals surface area contributed by atoms with Crippen molar-refractivity contribution in [3.8, 4) is 55.6 Å². The number of rotatable bonds is 5. The second kappa shape index (κ2) is 14.7. The number of hydrogen-bond donors (Lipinski definition) is 0. The van der Waals surface area contributed by atoms with Gasteiger partial charge in [0.25, 0.3) is 0 Å².